The Morgan fingerprint density at radius 3 is 2.55 bits per heavy atom. The number of rotatable bonds is 8. The van der Waals surface area contributed by atoms with E-state index in [9.17, 15) is 9.59 Å². The third-order valence-electron chi connectivity index (χ3n) is 4.33. The van der Waals surface area contributed by atoms with E-state index >= 15 is 0 Å². The molecule has 1 heterocycles. The van der Waals surface area contributed by atoms with Crippen LogP contribution < -0.4 is 10.1 Å². The Hall–Kier alpha value is -3.68. The Kier molecular flexibility index (Phi) is 6.57. The Labute approximate surface area is 169 Å². The average Bonchev–Trinajstić information content (AvgIpc) is 3.21. The number of ether oxygens (including phenoxy) is 1. The van der Waals surface area contributed by atoms with Crippen LogP contribution in [0.3, 0.4) is 0 Å². The molecule has 0 saturated carbocycles. The number of para-hydroxylation sites is 2. The highest BCUT2D eigenvalue weighted by Gasteiger charge is 2.21. The van der Waals surface area contributed by atoms with E-state index in [2.05, 4.69) is 15.6 Å². The fourth-order valence-electron chi connectivity index (χ4n) is 2.84. The van der Waals surface area contributed by atoms with Crippen molar-refractivity contribution in [3.05, 3.63) is 72.1 Å². The van der Waals surface area contributed by atoms with E-state index < -0.39 is 0 Å². The number of nitrogens with one attached hydrogen (secondary N) is 1. The zero-order chi connectivity index (χ0) is 20.6. The maximum Gasteiger partial charge on any atom is 0.276 e. The van der Waals surface area contributed by atoms with Crippen molar-refractivity contribution in [2.45, 2.75) is 13.5 Å². The molecule has 0 aliphatic heterocycles. The van der Waals surface area contributed by atoms with Crippen LogP contribution in [0.5, 0.6) is 5.75 Å². The number of methoxy groups -OCH3 is 1. The predicted molar refractivity (Wildman–Crippen MR) is 109 cm³/mol. The van der Waals surface area contributed by atoms with Crippen LogP contribution in [0.15, 0.2) is 60.8 Å². The lowest BCUT2D eigenvalue weighted by Gasteiger charge is -2.19. The fourth-order valence-corrected chi connectivity index (χ4v) is 2.84. The Morgan fingerprint density at radius 2 is 1.83 bits per heavy atom. The van der Waals surface area contributed by atoms with Crippen LogP contribution >= 0.6 is 0 Å². The maximum absolute atomic E-state index is 12.8. The average molecular weight is 393 g/mol. The molecule has 0 unspecified atom stereocenters. The number of hydrogen-bond donors (Lipinski definition) is 1. The van der Waals surface area contributed by atoms with Crippen LogP contribution in [0.25, 0.3) is 0 Å². The normalized spacial score (nSPS) is 10.4. The lowest BCUT2D eigenvalue weighted by molar-refractivity contribution is -0.116. The molecule has 1 N–H and O–H groups in total. The van der Waals surface area contributed by atoms with E-state index in [4.69, 9.17) is 4.74 Å². The topological polar surface area (TPSA) is 89.4 Å². The lowest BCUT2D eigenvalue weighted by atomic mass is 10.2. The molecule has 0 fully saturated rings. The summed E-state index contributed by atoms with van der Waals surface area (Å²) in [4.78, 5) is 26.6. The van der Waals surface area contributed by atoms with E-state index in [-0.39, 0.29) is 24.1 Å². The Balaban J connectivity index is 1.63. The van der Waals surface area contributed by atoms with Gasteiger partial charge in [-0.15, -0.1) is 5.10 Å². The van der Waals surface area contributed by atoms with Gasteiger partial charge in [-0.1, -0.05) is 47.7 Å². The number of amides is 2. The number of hydrogen-bond acceptors (Lipinski definition) is 5. The number of aromatic nitrogens is 3. The summed E-state index contributed by atoms with van der Waals surface area (Å²) in [6.07, 6.45) is 1.59. The minimum absolute atomic E-state index is 0.0983. The molecular weight excluding hydrogens is 370 g/mol. The molecule has 3 rings (SSSR count). The van der Waals surface area contributed by atoms with Crippen molar-refractivity contribution < 1.29 is 14.3 Å². The Bertz CT molecular complexity index is 971. The van der Waals surface area contributed by atoms with Crippen LogP contribution in [-0.2, 0) is 11.3 Å². The molecule has 29 heavy (non-hydrogen) atoms. The summed E-state index contributed by atoms with van der Waals surface area (Å²) in [7, 11) is 1.53. The quantitative estimate of drug-likeness (QED) is 0.635. The standard InChI is InChI=1S/C21H23N5O3/c1-3-25(15-20(27)22-17-11-7-8-12-19(17)29-2)21(28)18-14-26(24-23-18)13-16-9-5-4-6-10-16/h4-12,14H,3,13,15H2,1-2H3,(H,22,27). The minimum atomic E-state index is -0.345. The van der Waals surface area contributed by atoms with Gasteiger partial charge in [-0.05, 0) is 24.6 Å². The van der Waals surface area contributed by atoms with E-state index in [1.54, 1.807) is 29.1 Å². The zero-order valence-corrected chi connectivity index (χ0v) is 16.4. The van der Waals surface area contributed by atoms with Crippen molar-refractivity contribution in [1.82, 2.24) is 19.9 Å². The summed E-state index contributed by atoms with van der Waals surface area (Å²) in [5, 5.41) is 10.8. The molecule has 0 aliphatic carbocycles. The summed E-state index contributed by atoms with van der Waals surface area (Å²) < 4.78 is 6.83. The number of anilines is 1. The van der Waals surface area contributed by atoms with Crippen molar-refractivity contribution in [2.24, 2.45) is 0 Å². The minimum Gasteiger partial charge on any atom is -0.495 e. The first-order valence-electron chi connectivity index (χ1n) is 9.27. The fraction of sp³-hybridized carbons (Fsp3) is 0.238. The molecule has 2 amide bonds. The van der Waals surface area contributed by atoms with Crippen molar-refractivity contribution in [3.8, 4) is 5.75 Å². The van der Waals surface area contributed by atoms with Crippen molar-refractivity contribution in [3.63, 3.8) is 0 Å². The van der Waals surface area contributed by atoms with E-state index in [0.29, 0.717) is 24.5 Å². The summed E-state index contributed by atoms with van der Waals surface area (Å²) >= 11 is 0. The van der Waals surface area contributed by atoms with Gasteiger partial charge in [0.25, 0.3) is 5.91 Å². The summed E-state index contributed by atoms with van der Waals surface area (Å²) in [6.45, 7) is 2.59. The Morgan fingerprint density at radius 1 is 1.10 bits per heavy atom. The molecule has 2 aromatic carbocycles. The highest BCUT2D eigenvalue weighted by molar-refractivity contribution is 5.98. The molecule has 0 radical (unpaired) electrons. The molecule has 0 saturated heterocycles. The number of carbonyl (C=O) groups is 2. The molecule has 150 valence electrons. The maximum atomic E-state index is 12.8. The molecule has 1 aromatic heterocycles. The highest BCUT2D eigenvalue weighted by Crippen LogP contribution is 2.22. The van der Waals surface area contributed by atoms with Gasteiger partial charge in [0.2, 0.25) is 5.91 Å². The van der Waals surface area contributed by atoms with Crippen LogP contribution in [0.4, 0.5) is 5.69 Å². The summed E-state index contributed by atoms with van der Waals surface area (Å²) in [6, 6.07) is 16.9. The number of nitrogens with zero attached hydrogens (tertiary/aromatic N) is 4. The predicted octanol–water partition coefficient (Wildman–Crippen LogP) is 2.44. The van der Waals surface area contributed by atoms with Gasteiger partial charge in [0.15, 0.2) is 5.69 Å². The van der Waals surface area contributed by atoms with Crippen molar-refractivity contribution in [2.75, 3.05) is 25.5 Å². The van der Waals surface area contributed by atoms with Crippen LogP contribution in [0.1, 0.15) is 23.0 Å². The molecule has 0 atom stereocenters. The number of benzene rings is 2. The summed E-state index contributed by atoms with van der Waals surface area (Å²) in [5.41, 5.74) is 1.81. The van der Waals surface area contributed by atoms with Crippen molar-refractivity contribution >= 4 is 17.5 Å². The second kappa shape index (κ2) is 9.50. The van der Waals surface area contributed by atoms with Crippen LogP contribution in [0.2, 0.25) is 0 Å². The number of likely N-dealkylation sites (N-methyl/N-ethyl adjacent to an activating group) is 1. The van der Waals surface area contributed by atoms with Crippen LogP contribution in [0, 0.1) is 0 Å². The van der Waals surface area contributed by atoms with Gasteiger partial charge in [0.1, 0.15) is 12.3 Å². The molecular formula is C21H23N5O3. The molecule has 3 aromatic rings. The monoisotopic (exact) mass is 393 g/mol. The van der Waals surface area contributed by atoms with Crippen LogP contribution in [-0.4, -0.2) is 51.9 Å². The second-order valence-electron chi connectivity index (χ2n) is 6.35. The SMILES string of the molecule is CCN(CC(=O)Nc1ccccc1OC)C(=O)c1cn(Cc2ccccc2)nn1. The smallest absolute Gasteiger partial charge is 0.276 e. The van der Waals surface area contributed by atoms with Gasteiger partial charge in [-0.25, -0.2) is 4.68 Å². The van der Waals surface area contributed by atoms with Crippen molar-refractivity contribution in [1.29, 1.82) is 0 Å². The lowest BCUT2D eigenvalue weighted by Crippen LogP contribution is -2.38. The second-order valence-corrected chi connectivity index (χ2v) is 6.35. The zero-order valence-electron chi connectivity index (χ0n) is 16.4. The molecule has 8 heteroatoms. The first kappa shape index (κ1) is 20.1. The molecule has 0 aliphatic rings. The van der Waals surface area contributed by atoms with Gasteiger partial charge < -0.3 is 15.0 Å². The molecule has 0 spiro atoms. The van der Waals surface area contributed by atoms with E-state index in [1.807, 2.05) is 43.3 Å². The first-order valence-corrected chi connectivity index (χ1v) is 9.27. The first-order chi connectivity index (χ1) is 14.1. The highest BCUT2D eigenvalue weighted by atomic mass is 16.5. The third-order valence-corrected chi connectivity index (χ3v) is 4.33. The van der Waals surface area contributed by atoms with E-state index in [1.165, 1.54) is 12.0 Å². The van der Waals surface area contributed by atoms with Gasteiger partial charge in [0.05, 0.1) is 25.5 Å². The third kappa shape index (κ3) is 5.19. The summed E-state index contributed by atoms with van der Waals surface area (Å²) in [5.74, 6) is -0.109. The van der Waals surface area contributed by atoms with Gasteiger partial charge in [-0.3, -0.25) is 9.59 Å². The van der Waals surface area contributed by atoms with Gasteiger partial charge in [-0.2, -0.15) is 0 Å². The van der Waals surface area contributed by atoms with Gasteiger partial charge >= 0.3 is 0 Å². The van der Waals surface area contributed by atoms with E-state index in [0.717, 1.165) is 5.56 Å². The largest absolute Gasteiger partial charge is 0.495 e. The molecule has 8 nitrogen and oxygen atoms in total. The molecule has 0 bridgehead atoms. The van der Waals surface area contributed by atoms with Gasteiger partial charge in [0, 0.05) is 6.54 Å². The number of carbonyl (C=O) groups excluding carboxylic acids is 2.